The van der Waals surface area contributed by atoms with Crippen LogP contribution in [0.15, 0.2) is 16.9 Å². The van der Waals surface area contributed by atoms with Gasteiger partial charge in [-0.3, -0.25) is 9.59 Å². The van der Waals surface area contributed by atoms with Gasteiger partial charge in [0.2, 0.25) is 11.8 Å². The maximum atomic E-state index is 12.0. The van der Waals surface area contributed by atoms with E-state index in [1.165, 1.54) is 11.3 Å². The van der Waals surface area contributed by atoms with Crippen LogP contribution in [-0.4, -0.2) is 22.6 Å². The van der Waals surface area contributed by atoms with Crippen LogP contribution in [0.3, 0.4) is 0 Å². The summed E-state index contributed by atoms with van der Waals surface area (Å²) >= 11 is 1.21. The fraction of sp³-hybridized carbons (Fsp3) is 0.400. The second-order valence-corrected chi connectivity index (χ2v) is 6.11. The maximum absolute atomic E-state index is 12.0. The number of pyridine rings is 1. The van der Waals surface area contributed by atoms with Gasteiger partial charge < -0.3 is 14.6 Å². The molecule has 0 aromatic carbocycles. The number of rotatable bonds is 5. The lowest BCUT2D eigenvalue weighted by molar-refractivity contribution is -0.116. The molecule has 0 aliphatic rings. The van der Waals surface area contributed by atoms with Crippen molar-refractivity contribution in [2.75, 3.05) is 12.4 Å². The van der Waals surface area contributed by atoms with E-state index >= 15 is 0 Å². The Hall–Kier alpha value is -2.15. The molecule has 0 atom stereocenters. The molecule has 2 aromatic rings. The van der Waals surface area contributed by atoms with Gasteiger partial charge in [-0.15, -0.1) is 0 Å². The minimum atomic E-state index is -0.148. The Bertz CT molecular complexity index is 749. The molecule has 2 aromatic heterocycles. The lowest BCUT2D eigenvalue weighted by Crippen LogP contribution is -2.20. The zero-order valence-corrected chi connectivity index (χ0v) is 13.9. The number of methoxy groups -OCH3 is 1. The molecule has 2 heterocycles. The average molecular weight is 321 g/mol. The van der Waals surface area contributed by atoms with E-state index in [1.807, 2.05) is 13.8 Å². The van der Waals surface area contributed by atoms with Crippen LogP contribution in [0.5, 0.6) is 5.88 Å². The number of ether oxygens (including phenoxy) is 1. The average Bonchev–Trinajstić information content (AvgIpc) is 2.72. The molecule has 1 amide bonds. The third-order valence-electron chi connectivity index (χ3n) is 3.48. The fourth-order valence-corrected chi connectivity index (χ4v) is 2.91. The first-order chi connectivity index (χ1) is 10.4. The molecule has 7 heteroatoms. The van der Waals surface area contributed by atoms with Crippen LogP contribution in [0.1, 0.15) is 22.7 Å². The van der Waals surface area contributed by atoms with Crippen LogP contribution in [0, 0.1) is 20.8 Å². The highest BCUT2D eigenvalue weighted by Crippen LogP contribution is 2.17. The highest BCUT2D eigenvalue weighted by Gasteiger charge is 2.11. The van der Waals surface area contributed by atoms with Gasteiger partial charge in [0, 0.05) is 29.6 Å². The number of thiazole rings is 1. The summed E-state index contributed by atoms with van der Waals surface area (Å²) in [5.74, 6) is 0.358. The topological polar surface area (TPSA) is 73.2 Å². The number of nitrogens with one attached hydrogen (secondary N) is 1. The van der Waals surface area contributed by atoms with Crippen molar-refractivity contribution in [2.24, 2.45) is 0 Å². The Labute approximate surface area is 132 Å². The predicted octanol–water partition coefficient (Wildman–Crippen LogP) is 2.27. The first kappa shape index (κ1) is 16.2. The van der Waals surface area contributed by atoms with E-state index in [-0.39, 0.29) is 17.2 Å². The zero-order valence-electron chi connectivity index (χ0n) is 13.1. The molecular weight excluding hydrogens is 302 g/mol. The number of anilines is 1. The summed E-state index contributed by atoms with van der Waals surface area (Å²) in [5.41, 5.74) is 2.26. The Morgan fingerprint density at radius 2 is 2.09 bits per heavy atom. The molecule has 0 saturated heterocycles. The van der Waals surface area contributed by atoms with E-state index in [0.29, 0.717) is 23.8 Å². The normalized spacial score (nSPS) is 10.5. The second kappa shape index (κ2) is 6.74. The maximum Gasteiger partial charge on any atom is 0.307 e. The van der Waals surface area contributed by atoms with Gasteiger partial charge in [0.15, 0.2) is 0 Å². The van der Waals surface area contributed by atoms with Crippen molar-refractivity contribution in [3.05, 3.63) is 38.1 Å². The molecule has 22 heavy (non-hydrogen) atoms. The summed E-state index contributed by atoms with van der Waals surface area (Å²) in [5, 5.41) is 2.81. The lowest BCUT2D eigenvalue weighted by Gasteiger charge is -2.09. The molecule has 0 spiro atoms. The summed E-state index contributed by atoms with van der Waals surface area (Å²) in [7, 11) is 1.54. The number of amides is 1. The molecule has 0 radical (unpaired) electrons. The van der Waals surface area contributed by atoms with Crippen LogP contribution in [0.4, 0.5) is 5.69 Å². The summed E-state index contributed by atoms with van der Waals surface area (Å²) in [6.07, 6.45) is 0.238. The summed E-state index contributed by atoms with van der Waals surface area (Å²) in [6, 6.07) is 3.45. The van der Waals surface area contributed by atoms with Gasteiger partial charge in [0.05, 0.1) is 18.5 Å². The summed E-state index contributed by atoms with van der Waals surface area (Å²) < 4.78 is 6.67. The van der Waals surface area contributed by atoms with Gasteiger partial charge in [0.25, 0.3) is 0 Å². The van der Waals surface area contributed by atoms with E-state index in [0.717, 1.165) is 10.6 Å². The molecule has 1 N–H and O–H groups in total. The van der Waals surface area contributed by atoms with Crippen molar-refractivity contribution in [3.8, 4) is 5.88 Å². The van der Waals surface area contributed by atoms with Crippen molar-refractivity contribution < 1.29 is 9.53 Å². The van der Waals surface area contributed by atoms with Crippen LogP contribution in [0.2, 0.25) is 0 Å². The van der Waals surface area contributed by atoms with Gasteiger partial charge in [-0.25, -0.2) is 4.98 Å². The first-order valence-corrected chi connectivity index (χ1v) is 7.72. The molecule has 0 unspecified atom stereocenters. The largest absolute Gasteiger partial charge is 0.481 e. The van der Waals surface area contributed by atoms with Gasteiger partial charge in [-0.2, -0.15) is 0 Å². The summed E-state index contributed by atoms with van der Waals surface area (Å²) in [4.78, 5) is 29.0. The van der Waals surface area contributed by atoms with Crippen molar-refractivity contribution in [1.82, 2.24) is 9.55 Å². The minimum Gasteiger partial charge on any atom is -0.481 e. The number of aryl methyl sites for hydroxylation is 2. The second-order valence-electron chi connectivity index (χ2n) is 4.95. The molecule has 0 saturated carbocycles. The van der Waals surface area contributed by atoms with Gasteiger partial charge in [-0.1, -0.05) is 11.3 Å². The summed E-state index contributed by atoms with van der Waals surface area (Å²) in [6.45, 7) is 5.98. The molecule has 0 bridgehead atoms. The third-order valence-corrected chi connectivity index (χ3v) is 4.48. The number of nitrogens with zero attached hydrogens (tertiary/aromatic N) is 2. The highest BCUT2D eigenvalue weighted by molar-refractivity contribution is 7.09. The van der Waals surface area contributed by atoms with Crippen LogP contribution < -0.4 is 14.9 Å². The first-order valence-electron chi connectivity index (χ1n) is 6.90. The molecule has 2 rings (SSSR count). The van der Waals surface area contributed by atoms with E-state index in [4.69, 9.17) is 4.74 Å². The van der Waals surface area contributed by atoms with E-state index in [9.17, 15) is 9.59 Å². The molecule has 6 nitrogen and oxygen atoms in total. The number of hydrogen-bond acceptors (Lipinski definition) is 5. The van der Waals surface area contributed by atoms with Crippen molar-refractivity contribution in [2.45, 2.75) is 33.7 Å². The van der Waals surface area contributed by atoms with Crippen LogP contribution in [-0.2, 0) is 11.3 Å². The lowest BCUT2D eigenvalue weighted by atomic mass is 10.3. The number of hydrogen-bond donors (Lipinski definition) is 1. The Morgan fingerprint density at radius 1 is 1.36 bits per heavy atom. The van der Waals surface area contributed by atoms with Crippen molar-refractivity contribution >= 4 is 22.9 Å². The number of carbonyl (C=O) groups is 1. The van der Waals surface area contributed by atoms with Gasteiger partial charge in [0.1, 0.15) is 0 Å². The Morgan fingerprint density at radius 3 is 2.64 bits per heavy atom. The Balaban J connectivity index is 2.00. The fourth-order valence-electron chi connectivity index (χ4n) is 2.06. The van der Waals surface area contributed by atoms with Crippen LogP contribution in [0.25, 0.3) is 0 Å². The van der Waals surface area contributed by atoms with E-state index < -0.39 is 0 Å². The van der Waals surface area contributed by atoms with Crippen LogP contribution >= 0.6 is 11.3 Å². The van der Waals surface area contributed by atoms with Gasteiger partial charge >= 0.3 is 4.87 Å². The van der Waals surface area contributed by atoms with Crippen molar-refractivity contribution in [1.29, 1.82) is 0 Å². The monoisotopic (exact) mass is 321 g/mol. The quantitative estimate of drug-likeness (QED) is 0.917. The third kappa shape index (κ3) is 3.54. The molecule has 0 aliphatic heterocycles. The van der Waals surface area contributed by atoms with E-state index in [1.54, 1.807) is 30.7 Å². The Kier molecular flexibility index (Phi) is 4.97. The molecule has 0 aliphatic carbocycles. The predicted molar refractivity (Wildman–Crippen MR) is 86.8 cm³/mol. The SMILES string of the molecule is COc1ccc(NC(=O)CCn2c(C)c(C)sc2=O)c(C)n1. The number of carbonyl (C=O) groups excluding carboxylic acids is 1. The minimum absolute atomic E-state index is 0.0231. The van der Waals surface area contributed by atoms with Gasteiger partial charge in [-0.05, 0) is 26.8 Å². The zero-order chi connectivity index (χ0) is 16.3. The molecule has 118 valence electrons. The smallest absolute Gasteiger partial charge is 0.307 e. The molecular formula is C15H19N3O3S. The number of aromatic nitrogens is 2. The highest BCUT2D eigenvalue weighted by atomic mass is 32.1. The van der Waals surface area contributed by atoms with Crippen molar-refractivity contribution in [3.63, 3.8) is 0 Å². The standard InChI is InChI=1S/C15H19N3O3S/c1-9-12(5-6-14(16-9)21-4)17-13(19)7-8-18-10(2)11(3)22-15(18)20/h5-6H,7-8H2,1-4H3,(H,17,19). The molecule has 0 fully saturated rings. The van der Waals surface area contributed by atoms with E-state index in [2.05, 4.69) is 10.3 Å².